The summed E-state index contributed by atoms with van der Waals surface area (Å²) < 4.78 is 4.53. The Morgan fingerprint density at radius 1 is 1.32 bits per heavy atom. The maximum Gasteiger partial charge on any atom is 0.305 e. The summed E-state index contributed by atoms with van der Waals surface area (Å²) in [5.41, 5.74) is 1.59. The summed E-state index contributed by atoms with van der Waals surface area (Å²) in [5.74, 6) is -0.391. The molecule has 1 N–H and O–H groups in total. The number of methoxy groups -OCH3 is 1. The van der Waals surface area contributed by atoms with E-state index in [1.807, 2.05) is 37.2 Å². The maximum atomic E-state index is 11.9. The molecule has 0 radical (unpaired) electrons. The number of amides is 1. The van der Waals surface area contributed by atoms with E-state index < -0.39 is 0 Å². The van der Waals surface area contributed by atoms with Gasteiger partial charge in [-0.15, -0.1) is 0 Å². The molecule has 0 unspecified atom stereocenters. The van der Waals surface area contributed by atoms with Gasteiger partial charge in [0, 0.05) is 38.3 Å². The summed E-state index contributed by atoms with van der Waals surface area (Å²) in [5, 5.41) is 2.78. The fraction of sp³-hybridized carbons (Fsp3) is 0.429. The van der Waals surface area contributed by atoms with Crippen LogP contribution >= 0.6 is 0 Å². The minimum atomic E-state index is -0.260. The van der Waals surface area contributed by atoms with Crippen molar-refractivity contribution in [1.82, 2.24) is 5.32 Å². The molecule has 0 aromatic heterocycles. The number of ether oxygens (including phenoxy) is 1. The minimum absolute atomic E-state index is 0.131. The Morgan fingerprint density at radius 2 is 2.05 bits per heavy atom. The number of nitrogens with one attached hydrogen (secondary N) is 1. The normalized spacial score (nSPS) is 9.84. The molecule has 1 aromatic carbocycles. The average Bonchev–Trinajstić information content (AvgIpc) is 2.43. The Morgan fingerprint density at radius 3 is 2.68 bits per heavy atom. The summed E-state index contributed by atoms with van der Waals surface area (Å²) >= 11 is 0. The smallest absolute Gasteiger partial charge is 0.305 e. The Kier molecular flexibility index (Phi) is 5.85. The Balaban J connectivity index is 2.45. The first-order valence-corrected chi connectivity index (χ1v) is 6.17. The molecule has 0 heterocycles. The van der Waals surface area contributed by atoms with Crippen LogP contribution in [0.5, 0.6) is 0 Å². The topological polar surface area (TPSA) is 58.6 Å². The van der Waals surface area contributed by atoms with Gasteiger partial charge in [0.1, 0.15) is 0 Å². The molecule has 0 aliphatic carbocycles. The van der Waals surface area contributed by atoms with Crippen LogP contribution in [-0.4, -0.2) is 39.6 Å². The molecule has 0 aliphatic rings. The number of anilines is 1. The van der Waals surface area contributed by atoms with E-state index in [4.69, 9.17) is 0 Å². The van der Waals surface area contributed by atoms with Gasteiger partial charge < -0.3 is 15.0 Å². The number of rotatable bonds is 6. The van der Waals surface area contributed by atoms with Crippen molar-refractivity contribution >= 4 is 17.6 Å². The molecule has 0 fully saturated rings. The first kappa shape index (κ1) is 15.0. The lowest BCUT2D eigenvalue weighted by molar-refractivity contribution is -0.140. The molecule has 1 amide bonds. The van der Waals surface area contributed by atoms with Crippen LogP contribution < -0.4 is 10.2 Å². The summed E-state index contributed by atoms with van der Waals surface area (Å²) in [6, 6.07) is 7.38. The Bertz CT molecular complexity index is 444. The van der Waals surface area contributed by atoms with Crippen LogP contribution in [0, 0.1) is 0 Å². The fourth-order valence-corrected chi connectivity index (χ4v) is 1.56. The van der Waals surface area contributed by atoms with Gasteiger partial charge >= 0.3 is 5.97 Å². The molecule has 0 spiro atoms. The summed E-state index contributed by atoms with van der Waals surface area (Å²) in [7, 11) is 5.20. The second kappa shape index (κ2) is 7.41. The Labute approximate surface area is 113 Å². The van der Waals surface area contributed by atoms with Crippen molar-refractivity contribution in [2.75, 3.05) is 32.6 Å². The number of nitrogens with zero attached hydrogens (tertiary/aromatic N) is 1. The van der Waals surface area contributed by atoms with Crippen molar-refractivity contribution in [3.8, 4) is 0 Å². The van der Waals surface area contributed by atoms with Gasteiger partial charge in [-0.3, -0.25) is 9.59 Å². The standard InChI is InChI=1S/C14H20N2O3/c1-16(2)12-7-4-6-11(10-12)14(18)15-9-5-8-13(17)19-3/h4,6-7,10H,5,8-9H2,1-3H3,(H,15,18). The SMILES string of the molecule is COC(=O)CCCNC(=O)c1cccc(N(C)C)c1. The van der Waals surface area contributed by atoms with Crippen molar-refractivity contribution in [1.29, 1.82) is 0 Å². The van der Waals surface area contributed by atoms with E-state index in [0.717, 1.165) is 5.69 Å². The number of benzene rings is 1. The van der Waals surface area contributed by atoms with E-state index in [1.54, 1.807) is 6.07 Å². The highest BCUT2D eigenvalue weighted by molar-refractivity contribution is 5.95. The molecule has 104 valence electrons. The third-order valence-electron chi connectivity index (χ3n) is 2.70. The van der Waals surface area contributed by atoms with Crippen LogP contribution in [0.4, 0.5) is 5.69 Å². The molecule has 0 aliphatic heterocycles. The third-order valence-corrected chi connectivity index (χ3v) is 2.70. The zero-order chi connectivity index (χ0) is 14.3. The fourth-order valence-electron chi connectivity index (χ4n) is 1.56. The molecule has 0 atom stereocenters. The van der Waals surface area contributed by atoms with Crippen molar-refractivity contribution in [3.63, 3.8) is 0 Å². The van der Waals surface area contributed by atoms with Gasteiger partial charge in [0.05, 0.1) is 7.11 Å². The first-order chi connectivity index (χ1) is 9.04. The molecule has 19 heavy (non-hydrogen) atoms. The van der Waals surface area contributed by atoms with E-state index in [2.05, 4.69) is 10.1 Å². The van der Waals surface area contributed by atoms with Gasteiger partial charge in [0.15, 0.2) is 0 Å². The summed E-state index contributed by atoms with van der Waals surface area (Å²) in [6.45, 7) is 0.458. The number of carbonyl (C=O) groups is 2. The molecular formula is C14H20N2O3. The summed E-state index contributed by atoms with van der Waals surface area (Å²) in [4.78, 5) is 24.7. The van der Waals surface area contributed by atoms with Gasteiger partial charge in [0.25, 0.3) is 5.91 Å². The van der Waals surface area contributed by atoms with E-state index in [1.165, 1.54) is 7.11 Å². The third kappa shape index (κ3) is 4.99. The van der Waals surface area contributed by atoms with Crippen LogP contribution in [0.3, 0.4) is 0 Å². The lowest BCUT2D eigenvalue weighted by Crippen LogP contribution is -2.25. The van der Waals surface area contributed by atoms with Crippen LogP contribution in [-0.2, 0) is 9.53 Å². The van der Waals surface area contributed by atoms with Gasteiger partial charge in [-0.25, -0.2) is 0 Å². The average molecular weight is 264 g/mol. The van der Waals surface area contributed by atoms with Crippen LogP contribution in [0.25, 0.3) is 0 Å². The molecule has 0 saturated heterocycles. The maximum absolute atomic E-state index is 11.9. The monoisotopic (exact) mass is 264 g/mol. The predicted octanol–water partition coefficient (Wildman–Crippen LogP) is 1.44. The zero-order valence-corrected chi connectivity index (χ0v) is 11.6. The molecule has 0 bridgehead atoms. The molecule has 5 nitrogen and oxygen atoms in total. The second-order valence-corrected chi connectivity index (χ2v) is 4.38. The molecule has 1 rings (SSSR count). The van der Waals surface area contributed by atoms with E-state index in [0.29, 0.717) is 24.9 Å². The highest BCUT2D eigenvalue weighted by atomic mass is 16.5. The molecular weight excluding hydrogens is 244 g/mol. The minimum Gasteiger partial charge on any atom is -0.469 e. The van der Waals surface area contributed by atoms with Crippen molar-refractivity contribution in [2.45, 2.75) is 12.8 Å². The van der Waals surface area contributed by atoms with E-state index in [9.17, 15) is 9.59 Å². The number of hydrogen-bond donors (Lipinski definition) is 1. The van der Waals surface area contributed by atoms with Crippen molar-refractivity contribution in [2.24, 2.45) is 0 Å². The molecule has 5 heteroatoms. The van der Waals surface area contributed by atoms with Gasteiger partial charge in [-0.1, -0.05) is 6.07 Å². The second-order valence-electron chi connectivity index (χ2n) is 4.38. The molecule has 0 saturated carbocycles. The van der Waals surface area contributed by atoms with E-state index >= 15 is 0 Å². The lowest BCUT2D eigenvalue weighted by Gasteiger charge is -2.13. The number of esters is 1. The first-order valence-electron chi connectivity index (χ1n) is 6.17. The highest BCUT2D eigenvalue weighted by Crippen LogP contribution is 2.13. The number of hydrogen-bond acceptors (Lipinski definition) is 4. The quantitative estimate of drug-likeness (QED) is 0.624. The number of carbonyl (C=O) groups excluding carboxylic acids is 2. The largest absolute Gasteiger partial charge is 0.469 e. The van der Waals surface area contributed by atoms with Crippen LogP contribution in [0.15, 0.2) is 24.3 Å². The van der Waals surface area contributed by atoms with Gasteiger partial charge in [-0.05, 0) is 24.6 Å². The Hall–Kier alpha value is -2.04. The van der Waals surface area contributed by atoms with Gasteiger partial charge in [-0.2, -0.15) is 0 Å². The van der Waals surface area contributed by atoms with Crippen LogP contribution in [0.1, 0.15) is 23.2 Å². The zero-order valence-electron chi connectivity index (χ0n) is 11.6. The molecule has 1 aromatic rings. The van der Waals surface area contributed by atoms with Gasteiger partial charge in [0.2, 0.25) is 0 Å². The summed E-state index contributed by atoms with van der Waals surface area (Å²) in [6.07, 6.45) is 0.889. The van der Waals surface area contributed by atoms with Crippen molar-refractivity contribution < 1.29 is 14.3 Å². The van der Waals surface area contributed by atoms with Crippen molar-refractivity contribution in [3.05, 3.63) is 29.8 Å². The van der Waals surface area contributed by atoms with Crippen LogP contribution in [0.2, 0.25) is 0 Å². The lowest BCUT2D eigenvalue weighted by atomic mass is 10.2. The predicted molar refractivity (Wildman–Crippen MR) is 74.4 cm³/mol. The van der Waals surface area contributed by atoms with E-state index in [-0.39, 0.29) is 11.9 Å². The highest BCUT2D eigenvalue weighted by Gasteiger charge is 2.07.